The van der Waals surface area contributed by atoms with Crippen LogP contribution in [-0.4, -0.2) is 271 Å². The number of carboxylic acid groups (broad SMARTS) is 3. The largest absolute Gasteiger partial charge is 0.494 e. The number of halogens is 3. The second-order valence-corrected chi connectivity index (χ2v) is 24.8. The number of hydrogen-bond acceptors (Lipinski definition) is 19. The van der Waals surface area contributed by atoms with Gasteiger partial charge >= 0.3 is 23.9 Å². The summed E-state index contributed by atoms with van der Waals surface area (Å²) >= 11 is 2.23. The molecule has 31 heteroatoms. The van der Waals surface area contributed by atoms with Crippen molar-refractivity contribution in [3.63, 3.8) is 0 Å². The molecule has 6 rings (SSSR count). The molecule has 3 fully saturated rings. The maximum absolute atomic E-state index is 14.4. The molecule has 28 nitrogen and oxygen atoms in total. The lowest BCUT2D eigenvalue weighted by molar-refractivity contribution is -0.147. The summed E-state index contributed by atoms with van der Waals surface area (Å²) in [6.07, 6.45) is 5.13. The van der Waals surface area contributed by atoms with Crippen LogP contribution in [0.15, 0.2) is 54.7 Å². The van der Waals surface area contributed by atoms with Crippen LogP contribution in [-0.2, 0) is 59.0 Å². The van der Waals surface area contributed by atoms with Gasteiger partial charge in [0.2, 0.25) is 29.5 Å². The average Bonchev–Trinajstić information content (AvgIpc) is 1.29. The first-order valence-corrected chi connectivity index (χ1v) is 32.5. The maximum Gasteiger partial charge on any atom is 0.317 e. The molecule has 3 aromatic rings. The number of carboxylic acids is 3. The van der Waals surface area contributed by atoms with Crippen molar-refractivity contribution >= 4 is 92.8 Å². The minimum Gasteiger partial charge on any atom is -0.494 e. The molecule has 2 aromatic carbocycles. The summed E-state index contributed by atoms with van der Waals surface area (Å²) in [6, 6.07) is 12.2. The molecular formula is C63H85F2IN12O16. The third-order valence-corrected chi connectivity index (χ3v) is 17.2. The number of aromatic nitrogens is 1. The highest BCUT2D eigenvalue weighted by molar-refractivity contribution is 14.1. The molecule has 0 bridgehead atoms. The van der Waals surface area contributed by atoms with Gasteiger partial charge in [0.25, 0.3) is 11.8 Å². The van der Waals surface area contributed by atoms with Gasteiger partial charge in [-0.05, 0) is 115 Å². The average molecular weight is 1430 g/mol. The number of carbonyl (C=O) groups is 10. The van der Waals surface area contributed by atoms with E-state index in [0.717, 1.165) is 40.4 Å². The lowest BCUT2D eigenvalue weighted by Crippen LogP contribution is -2.57. The minimum absolute atomic E-state index is 0.0610. The van der Waals surface area contributed by atoms with Crippen LogP contribution in [0.5, 0.6) is 5.75 Å². The molecule has 3 saturated heterocycles. The van der Waals surface area contributed by atoms with Crippen molar-refractivity contribution < 1.29 is 86.3 Å². The summed E-state index contributed by atoms with van der Waals surface area (Å²) < 4.78 is 45.8. The third kappa shape index (κ3) is 26.2. The Labute approximate surface area is 557 Å². The quantitative estimate of drug-likeness (QED) is 0.0259. The number of nitrogens with zero attached hydrogens (tertiary/aromatic N) is 8. The van der Waals surface area contributed by atoms with Crippen LogP contribution in [0, 0.1) is 20.8 Å². The van der Waals surface area contributed by atoms with Crippen LogP contribution >= 0.6 is 22.6 Å². The molecule has 3 aliphatic heterocycles. The van der Waals surface area contributed by atoms with Crippen LogP contribution in [0.25, 0.3) is 10.9 Å². The van der Waals surface area contributed by atoms with Crippen molar-refractivity contribution in [2.24, 2.45) is 5.92 Å². The molecule has 1 aromatic heterocycles. The van der Waals surface area contributed by atoms with E-state index in [4.69, 9.17) is 14.2 Å². The van der Waals surface area contributed by atoms with Gasteiger partial charge in [-0.3, -0.25) is 72.5 Å². The van der Waals surface area contributed by atoms with Crippen molar-refractivity contribution in [3.05, 3.63) is 69.4 Å². The molecule has 4 heterocycles. The van der Waals surface area contributed by atoms with Gasteiger partial charge in [-0.1, -0.05) is 18.6 Å². The van der Waals surface area contributed by atoms with Gasteiger partial charge in [-0.25, -0.2) is 8.78 Å². The standard InChI is InChI=1S/C63H85F2IN12O16/c1-92-59(88)34-52(62(91)77-20-15-44(16-21-77)5-2-3-30-94-47-12-13-50-49(33-47)48(14-18-68-50)60(89)70-37-55(81)78-42-63(64,65)35-46(78)36-67)72-61(90)51(17-31-93-32-19-69-53(79)7-4-6-43-8-10-45(66)11-9-43)71-54(80)38-73-22-24-74(39-56(82)83)26-28-76(41-58(86)87)29-27-75(25-23-73)40-57(84)85/h8-14,18,33,44,46,51-52H,2-7,15-17,19-32,34-35,37-42H2,1H3,(H,69,79)(H,70,89)(H,71,80)(H,72,90)(H,82,83)(H,84,85)(H,86,87)/t46-,51+,52+/m1/s1. The van der Waals surface area contributed by atoms with Crippen molar-refractivity contribution in [3.8, 4) is 11.8 Å². The number of methoxy groups -OCH3 is 1. The normalized spacial score (nSPS) is 17.7. The lowest BCUT2D eigenvalue weighted by atomic mass is 9.91. The van der Waals surface area contributed by atoms with Gasteiger partial charge < -0.3 is 60.6 Å². The number of aliphatic carboxylic acids is 3. The Morgan fingerprint density at radius 1 is 0.734 bits per heavy atom. The molecule has 0 aliphatic carbocycles. The number of esters is 1. The topological polar surface area (TPSA) is 363 Å². The number of nitrogens with one attached hydrogen (secondary N) is 4. The van der Waals surface area contributed by atoms with E-state index in [0.29, 0.717) is 68.5 Å². The molecule has 0 spiro atoms. The van der Waals surface area contributed by atoms with E-state index in [9.17, 15) is 77.3 Å². The zero-order chi connectivity index (χ0) is 68.2. The van der Waals surface area contributed by atoms with E-state index in [1.54, 1.807) is 48.8 Å². The Morgan fingerprint density at radius 3 is 1.95 bits per heavy atom. The van der Waals surface area contributed by atoms with Gasteiger partial charge in [0.1, 0.15) is 23.9 Å². The van der Waals surface area contributed by atoms with Crippen LogP contribution in [0.3, 0.4) is 0 Å². The summed E-state index contributed by atoms with van der Waals surface area (Å²) in [5.74, 6) is -10.3. The first kappa shape index (κ1) is 75.3. The van der Waals surface area contributed by atoms with Crippen LogP contribution in [0.4, 0.5) is 8.78 Å². The molecule has 94 heavy (non-hydrogen) atoms. The molecule has 7 N–H and O–H groups in total. The smallest absolute Gasteiger partial charge is 0.317 e. The predicted octanol–water partition coefficient (Wildman–Crippen LogP) is 1.67. The van der Waals surface area contributed by atoms with Crippen molar-refractivity contribution in [1.82, 2.24) is 55.7 Å². The second kappa shape index (κ2) is 38.6. The van der Waals surface area contributed by atoms with E-state index < -0.39 is 103 Å². The van der Waals surface area contributed by atoms with E-state index in [1.807, 2.05) is 24.3 Å². The lowest BCUT2D eigenvalue weighted by Gasteiger charge is -2.35. The van der Waals surface area contributed by atoms with Crippen LogP contribution < -0.4 is 26.0 Å². The number of fused-ring (bicyclic) bond motifs is 1. The Bertz CT molecular complexity index is 3090. The molecule has 514 valence electrons. The molecular weight excluding hydrogens is 1350 g/mol. The fourth-order valence-electron chi connectivity index (χ4n) is 11.3. The number of piperidine rings is 1. The van der Waals surface area contributed by atoms with Crippen molar-refractivity contribution in [2.75, 3.05) is 138 Å². The Balaban J connectivity index is 1.03. The third-order valence-electron chi connectivity index (χ3n) is 16.4. The summed E-state index contributed by atoms with van der Waals surface area (Å²) in [5.41, 5.74) is 1.77. The van der Waals surface area contributed by atoms with E-state index >= 15 is 0 Å². The number of ether oxygens (including phenoxy) is 3. The molecule has 0 saturated carbocycles. The van der Waals surface area contributed by atoms with Gasteiger partial charge in [0.05, 0.1) is 83.2 Å². The van der Waals surface area contributed by atoms with E-state index in [1.165, 1.54) is 12.3 Å². The fraction of sp³-hybridized carbons (Fsp3) is 0.587. The number of rotatable bonds is 33. The predicted molar refractivity (Wildman–Crippen MR) is 343 cm³/mol. The SMILES string of the molecule is COC(=O)C[C@H](NC(=O)[C@H](CCOCCNC(=O)CCCc1ccc(I)cc1)NC(=O)CN1CCN(CC(=O)O)CCN(CC(=O)O)CCN(CC(=O)O)CC1)C(=O)N1CCC(CCCCOc2ccc3nccc(C(=O)NCC(=O)N4CC(F)(F)C[C@@H]4C#N)c3c2)CC1. The van der Waals surface area contributed by atoms with Crippen molar-refractivity contribution in [1.29, 1.82) is 5.26 Å². The second-order valence-electron chi connectivity index (χ2n) is 23.5. The van der Waals surface area contributed by atoms with Gasteiger partial charge in [0, 0.05) is 107 Å². The number of nitriles is 1. The molecule has 0 unspecified atom stereocenters. The molecule has 0 radical (unpaired) electrons. The maximum atomic E-state index is 14.4. The Kier molecular flexibility index (Phi) is 30.9. The zero-order valence-electron chi connectivity index (χ0n) is 52.8. The number of carbonyl (C=O) groups excluding carboxylic acids is 7. The minimum atomic E-state index is -3.20. The number of amides is 6. The Morgan fingerprint density at radius 2 is 1.35 bits per heavy atom. The number of alkyl halides is 2. The van der Waals surface area contributed by atoms with Gasteiger partial charge in [-0.2, -0.15) is 5.26 Å². The summed E-state index contributed by atoms with van der Waals surface area (Å²) in [6.45, 7) is -0.707. The highest BCUT2D eigenvalue weighted by Gasteiger charge is 2.47. The van der Waals surface area contributed by atoms with Crippen LogP contribution in [0.1, 0.15) is 80.1 Å². The number of aryl methyl sites for hydroxylation is 1. The van der Waals surface area contributed by atoms with Gasteiger partial charge in [-0.15, -0.1) is 0 Å². The first-order valence-electron chi connectivity index (χ1n) is 31.4. The highest BCUT2D eigenvalue weighted by Crippen LogP contribution is 2.32. The van der Waals surface area contributed by atoms with Crippen LogP contribution in [0.2, 0.25) is 0 Å². The number of pyridine rings is 1. The number of unbranched alkanes of at least 4 members (excludes halogenated alkanes) is 1. The number of likely N-dealkylation sites (tertiary alicyclic amines) is 2. The summed E-state index contributed by atoms with van der Waals surface area (Å²) in [5, 5.41) is 49.5. The van der Waals surface area contributed by atoms with E-state index in [-0.39, 0.29) is 122 Å². The monoisotopic (exact) mass is 1430 g/mol. The molecule has 6 amide bonds. The first-order chi connectivity index (χ1) is 45.0. The summed E-state index contributed by atoms with van der Waals surface area (Å²) in [4.78, 5) is 143. The fourth-order valence-corrected chi connectivity index (χ4v) is 11.7. The summed E-state index contributed by atoms with van der Waals surface area (Å²) in [7, 11) is 1.15. The molecule has 3 atom stereocenters. The number of benzene rings is 2. The van der Waals surface area contributed by atoms with Crippen molar-refractivity contribution in [2.45, 2.75) is 94.7 Å². The highest BCUT2D eigenvalue weighted by atomic mass is 127. The Hall–Kier alpha value is -7.77. The van der Waals surface area contributed by atoms with E-state index in [2.05, 4.69) is 48.8 Å². The number of hydrogen-bond donors (Lipinski definition) is 7. The molecule has 3 aliphatic rings. The van der Waals surface area contributed by atoms with Gasteiger partial charge in [0.15, 0.2) is 0 Å². The zero-order valence-corrected chi connectivity index (χ0v) is 54.9.